The Kier molecular flexibility index (Phi) is 11.7. The summed E-state index contributed by atoms with van der Waals surface area (Å²) in [7, 11) is 5.87. The van der Waals surface area contributed by atoms with Crippen molar-refractivity contribution in [3.05, 3.63) is 5.56 Å². The summed E-state index contributed by atoms with van der Waals surface area (Å²) in [6.07, 6.45) is -0.383. The third kappa shape index (κ3) is 6.93. The van der Waals surface area contributed by atoms with E-state index >= 15 is 0 Å². The zero-order valence-electron chi connectivity index (χ0n) is 17.7. The minimum absolute atomic E-state index is 0.0756. The van der Waals surface area contributed by atoms with Crippen LogP contribution in [0.1, 0.15) is 31.9 Å². The standard InChI is InChI=1S/C19H31Cl2NO7/c1-11(13(21)8-20)7-12(2)15(23)14-16(28-9-24-3)17(26-5)19(27-6)22-18(14)29-10-25-4/h11-13,15,23H,7-10H2,1-6H3/t11-,12-,13-,15?/m0/s1. The van der Waals surface area contributed by atoms with Crippen molar-refractivity contribution in [2.24, 2.45) is 11.8 Å². The predicted octanol–water partition coefficient (Wildman–Crippen LogP) is 3.61. The molecule has 10 heteroatoms. The van der Waals surface area contributed by atoms with Gasteiger partial charge >= 0.3 is 0 Å². The van der Waals surface area contributed by atoms with Crippen LogP contribution in [-0.2, 0) is 9.47 Å². The zero-order chi connectivity index (χ0) is 22.0. The fourth-order valence-electron chi connectivity index (χ4n) is 2.88. The van der Waals surface area contributed by atoms with E-state index in [2.05, 4.69) is 4.98 Å². The molecule has 0 aliphatic rings. The van der Waals surface area contributed by atoms with Crippen molar-refractivity contribution in [3.63, 3.8) is 0 Å². The summed E-state index contributed by atoms with van der Waals surface area (Å²) < 4.78 is 32.1. The molecule has 0 bridgehead atoms. The van der Waals surface area contributed by atoms with Crippen LogP contribution in [0.3, 0.4) is 0 Å². The van der Waals surface area contributed by atoms with Crippen molar-refractivity contribution in [3.8, 4) is 23.3 Å². The molecule has 0 saturated heterocycles. The molecule has 4 atom stereocenters. The average molecular weight is 456 g/mol. The normalized spacial score (nSPS) is 15.3. The van der Waals surface area contributed by atoms with Gasteiger partial charge in [0.15, 0.2) is 19.3 Å². The molecule has 0 aliphatic heterocycles. The number of aliphatic hydroxyl groups excluding tert-OH is 1. The van der Waals surface area contributed by atoms with Gasteiger partial charge in [0, 0.05) is 25.5 Å². The van der Waals surface area contributed by atoms with Crippen molar-refractivity contribution < 1.29 is 33.5 Å². The van der Waals surface area contributed by atoms with Crippen molar-refractivity contribution in [1.82, 2.24) is 4.98 Å². The molecule has 1 rings (SSSR count). The van der Waals surface area contributed by atoms with E-state index in [-0.39, 0.29) is 54.1 Å². The number of alkyl halides is 2. The van der Waals surface area contributed by atoms with Gasteiger partial charge in [-0.2, -0.15) is 4.98 Å². The molecule has 1 aromatic heterocycles. The van der Waals surface area contributed by atoms with Gasteiger partial charge < -0.3 is 33.5 Å². The molecular weight excluding hydrogens is 425 g/mol. The summed E-state index contributed by atoms with van der Waals surface area (Å²) in [6.45, 7) is 3.73. The molecule has 29 heavy (non-hydrogen) atoms. The number of hydrogen-bond donors (Lipinski definition) is 1. The minimum atomic E-state index is -0.998. The summed E-state index contributed by atoms with van der Waals surface area (Å²) in [5.74, 6) is 0.891. The van der Waals surface area contributed by atoms with E-state index in [0.717, 1.165) is 0 Å². The maximum Gasteiger partial charge on any atom is 0.264 e. The number of nitrogens with zero attached hydrogens (tertiary/aromatic N) is 1. The molecule has 1 heterocycles. The lowest BCUT2D eigenvalue weighted by Crippen LogP contribution is -2.21. The van der Waals surface area contributed by atoms with Gasteiger partial charge in [-0.3, -0.25) is 0 Å². The number of halogens is 2. The molecule has 0 aromatic carbocycles. The minimum Gasteiger partial charge on any atom is -0.489 e. The average Bonchev–Trinajstić information content (AvgIpc) is 2.73. The van der Waals surface area contributed by atoms with Crippen molar-refractivity contribution >= 4 is 23.2 Å². The third-order valence-corrected chi connectivity index (χ3v) is 5.53. The maximum absolute atomic E-state index is 11.2. The SMILES string of the molecule is COCOc1nc(OC)c(OC)c(OCOC)c1C(O)[C@@H](C)C[C@H](C)[C@@H](Cl)CCl. The Balaban J connectivity index is 3.43. The highest BCUT2D eigenvalue weighted by Gasteiger charge is 2.32. The maximum atomic E-state index is 11.2. The number of pyridine rings is 1. The van der Waals surface area contributed by atoms with Gasteiger partial charge in [-0.15, -0.1) is 23.2 Å². The molecular formula is C19H31Cl2NO7. The fraction of sp³-hybridized carbons (Fsp3) is 0.737. The van der Waals surface area contributed by atoms with E-state index in [9.17, 15) is 5.11 Å². The van der Waals surface area contributed by atoms with E-state index in [1.165, 1.54) is 28.4 Å². The van der Waals surface area contributed by atoms with Gasteiger partial charge in [0.2, 0.25) is 11.6 Å². The first kappa shape index (κ1) is 25.8. The second kappa shape index (κ2) is 13.2. The van der Waals surface area contributed by atoms with E-state index < -0.39 is 6.10 Å². The lowest BCUT2D eigenvalue weighted by molar-refractivity contribution is 0.0303. The fourth-order valence-corrected chi connectivity index (χ4v) is 3.29. The van der Waals surface area contributed by atoms with Gasteiger partial charge in [-0.1, -0.05) is 13.8 Å². The van der Waals surface area contributed by atoms with Crippen LogP contribution < -0.4 is 18.9 Å². The molecule has 0 spiro atoms. The quantitative estimate of drug-likeness (QED) is 0.336. The first-order valence-corrected chi connectivity index (χ1v) is 10.1. The largest absolute Gasteiger partial charge is 0.489 e. The first-order chi connectivity index (χ1) is 13.9. The van der Waals surface area contributed by atoms with Gasteiger partial charge in [-0.05, 0) is 18.3 Å². The lowest BCUT2D eigenvalue weighted by Gasteiger charge is -2.27. The Morgan fingerprint density at radius 2 is 1.52 bits per heavy atom. The molecule has 1 unspecified atom stereocenters. The second-order valence-electron chi connectivity index (χ2n) is 6.61. The van der Waals surface area contributed by atoms with Crippen LogP contribution in [0.4, 0.5) is 0 Å². The highest BCUT2D eigenvalue weighted by Crippen LogP contribution is 2.48. The highest BCUT2D eigenvalue weighted by molar-refractivity contribution is 6.28. The Morgan fingerprint density at radius 1 is 0.897 bits per heavy atom. The molecule has 1 N–H and O–H groups in total. The summed E-state index contributed by atoms with van der Waals surface area (Å²) in [6, 6.07) is 0. The lowest BCUT2D eigenvalue weighted by atomic mass is 9.88. The second-order valence-corrected chi connectivity index (χ2v) is 7.48. The summed E-state index contributed by atoms with van der Waals surface area (Å²) >= 11 is 12.1. The molecule has 0 fully saturated rings. The summed E-state index contributed by atoms with van der Waals surface area (Å²) in [5.41, 5.74) is 0.313. The highest BCUT2D eigenvalue weighted by atomic mass is 35.5. The topological polar surface area (TPSA) is 88.5 Å². The smallest absolute Gasteiger partial charge is 0.264 e. The number of ether oxygens (including phenoxy) is 6. The molecule has 168 valence electrons. The van der Waals surface area contributed by atoms with E-state index in [1.54, 1.807) is 0 Å². The number of hydrogen-bond acceptors (Lipinski definition) is 8. The van der Waals surface area contributed by atoms with Crippen molar-refractivity contribution in [1.29, 1.82) is 0 Å². The van der Waals surface area contributed by atoms with Gasteiger partial charge in [0.05, 0.1) is 25.9 Å². The predicted molar refractivity (Wildman–Crippen MR) is 111 cm³/mol. The Hall–Kier alpha value is -1.19. The van der Waals surface area contributed by atoms with Crippen molar-refractivity contribution in [2.75, 3.05) is 47.9 Å². The molecule has 0 radical (unpaired) electrons. The Labute approximate surface area is 182 Å². The molecule has 0 amide bonds. The van der Waals surface area contributed by atoms with Crippen LogP contribution >= 0.6 is 23.2 Å². The zero-order valence-corrected chi connectivity index (χ0v) is 19.2. The van der Waals surface area contributed by atoms with Crippen LogP contribution in [-0.4, -0.2) is 63.4 Å². The Bertz CT molecular complexity index is 621. The molecule has 1 aromatic rings. The third-order valence-electron chi connectivity index (χ3n) is 4.45. The van der Waals surface area contributed by atoms with Gasteiger partial charge in [0.1, 0.15) is 0 Å². The van der Waals surface area contributed by atoms with Crippen molar-refractivity contribution in [2.45, 2.75) is 31.7 Å². The number of rotatable bonds is 14. The van der Waals surface area contributed by atoms with Crippen LogP contribution in [0.15, 0.2) is 0 Å². The summed E-state index contributed by atoms with van der Waals surface area (Å²) in [4.78, 5) is 4.32. The molecule has 0 saturated carbocycles. The van der Waals surface area contributed by atoms with Gasteiger partial charge in [-0.25, -0.2) is 0 Å². The molecule has 8 nitrogen and oxygen atoms in total. The van der Waals surface area contributed by atoms with Crippen LogP contribution in [0.2, 0.25) is 0 Å². The van der Waals surface area contributed by atoms with Crippen LogP contribution in [0.5, 0.6) is 23.3 Å². The van der Waals surface area contributed by atoms with E-state index in [0.29, 0.717) is 17.9 Å². The number of methoxy groups -OCH3 is 4. The van der Waals surface area contributed by atoms with E-state index in [1.807, 2.05) is 13.8 Å². The monoisotopic (exact) mass is 455 g/mol. The van der Waals surface area contributed by atoms with E-state index in [4.69, 9.17) is 51.6 Å². The molecule has 0 aliphatic carbocycles. The van der Waals surface area contributed by atoms with Crippen LogP contribution in [0, 0.1) is 11.8 Å². The number of aliphatic hydroxyl groups is 1. The number of aromatic nitrogens is 1. The van der Waals surface area contributed by atoms with Gasteiger partial charge in [0.25, 0.3) is 5.88 Å². The first-order valence-electron chi connectivity index (χ1n) is 9.13. The Morgan fingerprint density at radius 3 is 2.03 bits per heavy atom. The van der Waals surface area contributed by atoms with Crippen LogP contribution in [0.25, 0.3) is 0 Å². The summed E-state index contributed by atoms with van der Waals surface area (Å²) in [5, 5.41) is 11.0.